The minimum Gasteiger partial charge on any atom is -0.504 e. The third kappa shape index (κ3) is 2.99. The van der Waals surface area contributed by atoms with E-state index in [9.17, 15) is 10.2 Å². The van der Waals surface area contributed by atoms with Crippen molar-refractivity contribution < 1.29 is 10.2 Å². The fourth-order valence-corrected chi connectivity index (χ4v) is 1.70. The summed E-state index contributed by atoms with van der Waals surface area (Å²) >= 11 is 0. The van der Waals surface area contributed by atoms with Crippen LogP contribution in [0.4, 0.5) is 0 Å². The average Bonchev–Trinajstić information content (AvgIpc) is 2.36. The largest absolute Gasteiger partial charge is 0.504 e. The number of hydrogen-bond donors (Lipinski definition) is 3. The Balaban J connectivity index is 1.92. The van der Waals surface area contributed by atoms with E-state index in [0.717, 1.165) is 17.7 Å². The summed E-state index contributed by atoms with van der Waals surface area (Å²) in [6.07, 6.45) is 3.62. The number of hydrogen-bond acceptors (Lipinski definition) is 4. The molecule has 0 aliphatic carbocycles. The molecule has 4 nitrogen and oxygen atoms in total. The maximum atomic E-state index is 9.37. The van der Waals surface area contributed by atoms with Gasteiger partial charge in [0.15, 0.2) is 11.5 Å². The van der Waals surface area contributed by atoms with E-state index >= 15 is 0 Å². The van der Waals surface area contributed by atoms with E-state index in [0.29, 0.717) is 6.54 Å². The molecule has 0 radical (unpaired) electrons. The molecule has 18 heavy (non-hydrogen) atoms. The number of pyridine rings is 1. The SMILES string of the molecule is Cc1ccncc1CNCc1ccc(O)c(O)c1. The highest BCUT2D eigenvalue weighted by Gasteiger charge is 2.01. The molecule has 1 aromatic carbocycles. The van der Waals surface area contributed by atoms with Crippen LogP contribution in [0.2, 0.25) is 0 Å². The van der Waals surface area contributed by atoms with Gasteiger partial charge >= 0.3 is 0 Å². The Morgan fingerprint density at radius 3 is 2.67 bits per heavy atom. The number of rotatable bonds is 4. The first-order valence-corrected chi connectivity index (χ1v) is 5.78. The highest BCUT2D eigenvalue weighted by molar-refractivity contribution is 5.40. The van der Waals surface area contributed by atoms with E-state index in [1.807, 2.05) is 19.2 Å². The van der Waals surface area contributed by atoms with Gasteiger partial charge in [0.2, 0.25) is 0 Å². The smallest absolute Gasteiger partial charge is 0.157 e. The Kier molecular flexibility index (Phi) is 3.79. The lowest BCUT2D eigenvalue weighted by atomic mass is 10.1. The molecular formula is C14H16N2O2. The van der Waals surface area contributed by atoms with Crippen LogP contribution >= 0.6 is 0 Å². The van der Waals surface area contributed by atoms with E-state index in [4.69, 9.17) is 0 Å². The predicted octanol–water partition coefficient (Wildman–Crippen LogP) is 2.09. The van der Waals surface area contributed by atoms with Crippen molar-refractivity contribution in [3.8, 4) is 11.5 Å². The zero-order valence-electron chi connectivity index (χ0n) is 10.2. The van der Waals surface area contributed by atoms with Gasteiger partial charge in [0.25, 0.3) is 0 Å². The molecule has 94 valence electrons. The van der Waals surface area contributed by atoms with Gasteiger partial charge in [0, 0.05) is 25.5 Å². The topological polar surface area (TPSA) is 65.4 Å². The van der Waals surface area contributed by atoms with E-state index in [1.165, 1.54) is 11.6 Å². The lowest BCUT2D eigenvalue weighted by molar-refractivity contribution is 0.403. The van der Waals surface area contributed by atoms with Crippen molar-refractivity contribution in [2.24, 2.45) is 0 Å². The molecule has 2 rings (SSSR count). The summed E-state index contributed by atoms with van der Waals surface area (Å²) in [6, 6.07) is 6.79. The minimum atomic E-state index is -0.0955. The second-order valence-corrected chi connectivity index (χ2v) is 4.23. The van der Waals surface area contributed by atoms with Crippen LogP contribution < -0.4 is 5.32 Å². The fourth-order valence-electron chi connectivity index (χ4n) is 1.70. The molecule has 0 amide bonds. The maximum absolute atomic E-state index is 9.37. The number of nitrogens with one attached hydrogen (secondary N) is 1. The van der Waals surface area contributed by atoms with Crippen molar-refractivity contribution in [3.05, 3.63) is 53.3 Å². The number of aryl methyl sites for hydroxylation is 1. The summed E-state index contributed by atoms with van der Waals surface area (Å²) in [4.78, 5) is 4.08. The number of phenolic OH excluding ortho intramolecular Hbond substituents is 2. The summed E-state index contributed by atoms with van der Waals surface area (Å²) in [7, 11) is 0. The van der Waals surface area contributed by atoms with Gasteiger partial charge in [-0.15, -0.1) is 0 Å². The molecule has 0 aliphatic rings. The first-order chi connectivity index (χ1) is 8.66. The summed E-state index contributed by atoms with van der Waals surface area (Å²) in [5.74, 6) is -0.186. The standard InChI is InChI=1S/C14H16N2O2/c1-10-4-5-15-8-12(10)9-16-7-11-2-3-13(17)14(18)6-11/h2-6,8,16-18H,7,9H2,1H3. The number of benzene rings is 1. The van der Waals surface area contributed by atoms with Gasteiger partial charge in [-0.1, -0.05) is 6.07 Å². The van der Waals surface area contributed by atoms with Crippen molar-refractivity contribution in [2.45, 2.75) is 20.0 Å². The molecule has 1 aromatic heterocycles. The second kappa shape index (κ2) is 5.51. The molecule has 0 unspecified atom stereocenters. The van der Waals surface area contributed by atoms with Gasteiger partial charge in [-0.2, -0.15) is 0 Å². The van der Waals surface area contributed by atoms with Crippen LogP contribution in [0.3, 0.4) is 0 Å². The maximum Gasteiger partial charge on any atom is 0.157 e. The Labute approximate surface area is 106 Å². The number of aromatic hydroxyl groups is 2. The van der Waals surface area contributed by atoms with Crippen molar-refractivity contribution >= 4 is 0 Å². The lowest BCUT2D eigenvalue weighted by Gasteiger charge is -2.08. The van der Waals surface area contributed by atoms with E-state index in [-0.39, 0.29) is 11.5 Å². The quantitative estimate of drug-likeness (QED) is 0.720. The normalized spacial score (nSPS) is 10.5. The minimum absolute atomic E-state index is 0.0909. The van der Waals surface area contributed by atoms with Gasteiger partial charge in [-0.05, 0) is 41.8 Å². The fraction of sp³-hybridized carbons (Fsp3) is 0.214. The molecule has 0 spiro atoms. The Bertz CT molecular complexity index is 541. The summed E-state index contributed by atoms with van der Waals surface area (Å²) < 4.78 is 0. The van der Waals surface area contributed by atoms with Crippen molar-refractivity contribution in [2.75, 3.05) is 0 Å². The molecule has 3 N–H and O–H groups in total. The summed E-state index contributed by atoms with van der Waals surface area (Å²) in [5.41, 5.74) is 3.28. The molecule has 0 fully saturated rings. The number of nitrogens with zero attached hydrogens (tertiary/aromatic N) is 1. The highest BCUT2D eigenvalue weighted by Crippen LogP contribution is 2.24. The molecule has 2 aromatic rings. The third-order valence-electron chi connectivity index (χ3n) is 2.83. The van der Waals surface area contributed by atoms with E-state index in [1.54, 1.807) is 18.3 Å². The monoisotopic (exact) mass is 244 g/mol. The molecule has 4 heteroatoms. The van der Waals surface area contributed by atoms with Crippen LogP contribution in [-0.4, -0.2) is 15.2 Å². The van der Waals surface area contributed by atoms with Crippen molar-refractivity contribution in [1.82, 2.24) is 10.3 Å². The Hall–Kier alpha value is -2.07. The third-order valence-corrected chi connectivity index (χ3v) is 2.83. The highest BCUT2D eigenvalue weighted by atomic mass is 16.3. The molecule has 0 bridgehead atoms. The van der Waals surface area contributed by atoms with Crippen molar-refractivity contribution in [3.63, 3.8) is 0 Å². The first-order valence-electron chi connectivity index (χ1n) is 5.78. The van der Waals surface area contributed by atoms with Crippen LogP contribution in [0.15, 0.2) is 36.7 Å². The molecular weight excluding hydrogens is 228 g/mol. The molecule has 0 atom stereocenters. The van der Waals surface area contributed by atoms with Crippen LogP contribution in [0, 0.1) is 6.92 Å². The van der Waals surface area contributed by atoms with Crippen molar-refractivity contribution in [1.29, 1.82) is 0 Å². The van der Waals surface area contributed by atoms with E-state index < -0.39 is 0 Å². The van der Waals surface area contributed by atoms with Gasteiger partial charge < -0.3 is 15.5 Å². The Morgan fingerprint density at radius 1 is 1.11 bits per heavy atom. The Morgan fingerprint density at radius 2 is 1.94 bits per heavy atom. The molecule has 0 saturated carbocycles. The molecule has 1 heterocycles. The van der Waals surface area contributed by atoms with Gasteiger partial charge in [-0.25, -0.2) is 0 Å². The van der Waals surface area contributed by atoms with Gasteiger partial charge in [-0.3, -0.25) is 4.98 Å². The molecule has 0 saturated heterocycles. The lowest BCUT2D eigenvalue weighted by Crippen LogP contribution is -2.13. The average molecular weight is 244 g/mol. The first kappa shape index (κ1) is 12.4. The summed E-state index contributed by atoms with van der Waals surface area (Å²) in [5, 5.41) is 21.9. The number of phenols is 2. The zero-order chi connectivity index (χ0) is 13.0. The van der Waals surface area contributed by atoms with Crippen LogP contribution in [0.1, 0.15) is 16.7 Å². The van der Waals surface area contributed by atoms with Crippen LogP contribution in [-0.2, 0) is 13.1 Å². The van der Waals surface area contributed by atoms with Gasteiger partial charge in [0.05, 0.1) is 0 Å². The van der Waals surface area contributed by atoms with E-state index in [2.05, 4.69) is 10.3 Å². The zero-order valence-corrected chi connectivity index (χ0v) is 10.2. The summed E-state index contributed by atoms with van der Waals surface area (Å²) in [6.45, 7) is 3.40. The van der Waals surface area contributed by atoms with Crippen LogP contribution in [0.25, 0.3) is 0 Å². The number of aromatic nitrogens is 1. The molecule has 0 aliphatic heterocycles. The van der Waals surface area contributed by atoms with Gasteiger partial charge in [0.1, 0.15) is 0 Å². The predicted molar refractivity (Wildman–Crippen MR) is 69.3 cm³/mol. The second-order valence-electron chi connectivity index (χ2n) is 4.23. The van der Waals surface area contributed by atoms with Crippen LogP contribution in [0.5, 0.6) is 11.5 Å².